The number of H-pyrrole nitrogens is 1. The van der Waals surface area contributed by atoms with Gasteiger partial charge in [0.25, 0.3) is 11.8 Å². The summed E-state index contributed by atoms with van der Waals surface area (Å²) >= 11 is 0. The van der Waals surface area contributed by atoms with Crippen molar-refractivity contribution in [3.05, 3.63) is 51.3 Å². The summed E-state index contributed by atoms with van der Waals surface area (Å²) in [4.78, 5) is 65.6. The molecule has 3 aromatic heterocycles. The van der Waals surface area contributed by atoms with Crippen LogP contribution in [0.3, 0.4) is 0 Å². The fourth-order valence-electron chi connectivity index (χ4n) is 5.23. The zero-order valence-electron chi connectivity index (χ0n) is 21.9. The molecule has 0 spiro atoms. The van der Waals surface area contributed by atoms with Crippen molar-refractivity contribution in [2.24, 2.45) is 5.92 Å². The largest absolute Gasteiger partial charge is 0.503 e. The maximum Gasteiger partial charge on any atom is 0.274 e. The zero-order valence-corrected chi connectivity index (χ0v) is 21.9. The molecule has 4 heterocycles. The molecular formula is C27H31N7O5. The molecule has 2 fully saturated rings. The lowest BCUT2D eigenvalue weighted by atomic mass is 10.1. The number of pyridine rings is 1. The lowest BCUT2D eigenvalue weighted by molar-refractivity contribution is -0.123. The molecule has 1 atom stereocenters. The third kappa shape index (κ3) is 4.64. The van der Waals surface area contributed by atoms with Crippen LogP contribution in [0, 0.1) is 5.92 Å². The van der Waals surface area contributed by atoms with E-state index in [1.807, 2.05) is 13.8 Å². The number of hydrogen-bond donors (Lipinski definition) is 4. The summed E-state index contributed by atoms with van der Waals surface area (Å²) in [5.41, 5.74) is 1.89. The molecule has 6 rings (SSSR count). The van der Waals surface area contributed by atoms with Gasteiger partial charge in [0.2, 0.25) is 11.3 Å². The van der Waals surface area contributed by atoms with Gasteiger partial charge in [0, 0.05) is 43.0 Å². The number of nitrogens with zero attached hydrogens (tertiary/aromatic N) is 4. The second-order valence-electron chi connectivity index (χ2n) is 10.9. The van der Waals surface area contributed by atoms with E-state index in [9.17, 15) is 24.3 Å². The SMILES string of the molecule is CC(C)N1CCn2c(CNC(=O)C(NC(=O)c3c[nH]c4ncc(C5CC5)nc34)C3CC3)cc(=O)c(O)c2C1=O. The van der Waals surface area contributed by atoms with Crippen molar-refractivity contribution in [3.8, 4) is 5.75 Å². The molecule has 1 unspecified atom stereocenters. The highest BCUT2D eigenvalue weighted by Crippen LogP contribution is 2.39. The second-order valence-corrected chi connectivity index (χ2v) is 10.9. The molecule has 1 aliphatic heterocycles. The quantitative estimate of drug-likeness (QED) is 0.340. The standard InChI is InChI=1S/C27H31N7O5/c1-13(2)33-7-8-34-16(9-19(35)23(36)22(34)27(33)39)10-30-26(38)20(15-5-6-15)32-25(37)17-11-28-24-21(17)31-18(12-29-24)14-3-4-14/h9,11-15,20,36H,3-8,10H2,1-2H3,(H,28,29)(H,30,38)(H,32,37). The second kappa shape index (κ2) is 9.51. The summed E-state index contributed by atoms with van der Waals surface area (Å²) in [6.07, 6.45) is 7.05. The first kappa shape index (κ1) is 25.1. The summed E-state index contributed by atoms with van der Waals surface area (Å²) < 4.78 is 1.59. The monoisotopic (exact) mass is 533 g/mol. The fraction of sp³-hybridized carbons (Fsp3) is 0.481. The van der Waals surface area contributed by atoms with E-state index in [4.69, 9.17) is 0 Å². The van der Waals surface area contributed by atoms with Gasteiger partial charge in [-0.15, -0.1) is 0 Å². The number of amides is 3. The number of carbonyl (C=O) groups is 3. The van der Waals surface area contributed by atoms with Crippen LogP contribution in [-0.2, 0) is 17.9 Å². The summed E-state index contributed by atoms with van der Waals surface area (Å²) in [6.45, 7) is 4.51. The van der Waals surface area contributed by atoms with Crippen molar-refractivity contribution in [2.75, 3.05) is 6.54 Å². The molecule has 4 N–H and O–H groups in total. The van der Waals surface area contributed by atoms with E-state index in [0.29, 0.717) is 41.4 Å². The minimum Gasteiger partial charge on any atom is -0.503 e. The van der Waals surface area contributed by atoms with Gasteiger partial charge in [-0.25, -0.2) is 9.97 Å². The Morgan fingerprint density at radius 1 is 1.18 bits per heavy atom. The van der Waals surface area contributed by atoms with E-state index in [2.05, 4.69) is 25.6 Å². The Kier molecular flexibility index (Phi) is 6.12. The number of carbonyl (C=O) groups excluding carboxylic acids is 3. The molecule has 39 heavy (non-hydrogen) atoms. The number of rotatable bonds is 8. The fourth-order valence-corrected chi connectivity index (χ4v) is 5.23. The van der Waals surface area contributed by atoms with Gasteiger partial charge in [-0.3, -0.25) is 19.2 Å². The normalized spacial score (nSPS) is 17.8. The average Bonchev–Trinajstić information content (AvgIpc) is 3.85. The van der Waals surface area contributed by atoms with Crippen molar-refractivity contribution in [2.45, 2.75) is 70.6 Å². The highest BCUT2D eigenvalue weighted by atomic mass is 16.3. The summed E-state index contributed by atoms with van der Waals surface area (Å²) in [7, 11) is 0. The first-order valence-corrected chi connectivity index (χ1v) is 13.4. The third-order valence-electron chi connectivity index (χ3n) is 7.77. The Morgan fingerprint density at radius 3 is 2.64 bits per heavy atom. The van der Waals surface area contributed by atoms with Crippen LogP contribution >= 0.6 is 0 Å². The summed E-state index contributed by atoms with van der Waals surface area (Å²) in [5, 5.41) is 16.1. The molecule has 12 nitrogen and oxygen atoms in total. The molecule has 3 aliphatic rings. The van der Waals surface area contributed by atoms with E-state index >= 15 is 0 Å². The number of nitrogens with one attached hydrogen (secondary N) is 3. The molecule has 12 heteroatoms. The van der Waals surface area contributed by atoms with Gasteiger partial charge in [-0.05, 0) is 45.4 Å². The van der Waals surface area contributed by atoms with Gasteiger partial charge in [0.15, 0.2) is 17.1 Å². The minimum atomic E-state index is -0.759. The van der Waals surface area contributed by atoms with Crippen LogP contribution in [0.5, 0.6) is 5.75 Å². The number of hydrogen-bond acceptors (Lipinski definition) is 7. The Balaban J connectivity index is 1.19. The number of fused-ring (bicyclic) bond motifs is 2. The van der Waals surface area contributed by atoms with Crippen molar-refractivity contribution in [1.29, 1.82) is 0 Å². The van der Waals surface area contributed by atoms with Crippen LogP contribution < -0.4 is 16.1 Å². The topological polar surface area (TPSA) is 162 Å². The number of aromatic hydroxyl groups is 1. The molecule has 0 aromatic carbocycles. The summed E-state index contributed by atoms with van der Waals surface area (Å²) in [6, 6.07) is 0.393. The van der Waals surface area contributed by atoms with Gasteiger partial charge in [0.1, 0.15) is 11.6 Å². The van der Waals surface area contributed by atoms with E-state index in [0.717, 1.165) is 31.4 Å². The summed E-state index contributed by atoms with van der Waals surface area (Å²) in [5.74, 6) is -1.40. The number of aromatic amines is 1. The van der Waals surface area contributed by atoms with Gasteiger partial charge >= 0.3 is 0 Å². The predicted molar refractivity (Wildman–Crippen MR) is 140 cm³/mol. The zero-order chi connectivity index (χ0) is 27.4. The highest BCUT2D eigenvalue weighted by molar-refractivity contribution is 6.06. The van der Waals surface area contributed by atoms with Gasteiger partial charge < -0.3 is 30.2 Å². The maximum absolute atomic E-state index is 13.3. The van der Waals surface area contributed by atoms with E-state index < -0.39 is 29.0 Å². The Labute approximate surface area is 223 Å². The van der Waals surface area contributed by atoms with Gasteiger partial charge in [0.05, 0.1) is 24.0 Å². The van der Waals surface area contributed by atoms with Gasteiger partial charge in [-0.2, -0.15) is 0 Å². The smallest absolute Gasteiger partial charge is 0.274 e. The van der Waals surface area contributed by atoms with Crippen LogP contribution in [0.1, 0.15) is 77.7 Å². The average molecular weight is 534 g/mol. The third-order valence-corrected chi connectivity index (χ3v) is 7.77. The molecule has 2 saturated carbocycles. The van der Waals surface area contributed by atoms with E-state index in [1.54, 1.807) is 21.9 Å². The lowest BCUT2D eigenvalue weighted by Gasteiger charge is -2.34. The molecule has 204 valence electrons. The van der Waals surface area contributed by atoms with Crippen molar-refractivity contribution < 1.29 is 19.5 Å². The minimum absolute atomic E-state index is 0.00454. The van der Waals surface area contributed by atoms with Crippen LogP contribution in [0.4, 0.5) is 0 Å². The molecule has 3 aromatic rings. The molecule has 0 bridgehead atoms. The molecule has 3 amide bonds. The first-order chi connectivity index (χ1) is 18.7. The van der Waals surface area contributed by atoms with Crippen LogP contribution in [0.25, 0.3) is 11.2 Å². The first-order valence-electron chi connectivity index (χ1n) is 13.4. The number of aromatic nitrogens is 4. The van der Waals surface area contributed by atoms with Crippen LogP contribution in [-0.4, -0.2) is 65.9 Å². The van der Waals surface area contributed by atoms with Crippen LogP contribution in [0.2, 0.25) is 0 Å². The molecule has 0 saturated heterocycles. The van der Waals surface area contributed by atoms with Crippen molar-refractivity contribution in [3.63, 3.8) is 0 Å². The Morgan fingerprint density at radius 2 is 1.95 bits per heavy atom. The Hall–Kier alpha value is -4.22. The molecule has 0 radical (unpaired) electrons. The van der Waals surface area contributed by atoms with E-state index in [1.165, 1.54) is 6.07 Å². The van der Waals surface area contributed by atoms with Crippen LogP contribution in [0.15, 0.2) is 23.3 Å². The Bertz CT molecular complexity index is 1550. The molecule has 2 aliphatic carbocycles. The molecular weight excluding hydrogens is 502 g/mol. The van der Waals surface area contributed by atoms with Crippen molar-refractivity contribution >= 4 is 28.9 Å². The van der Waals surface area contributed by atoms with E-state index in [-0.39, 0.29) is 30.1 Å². The van der Waals surface area contributed by atoms with Crippen molar-refractivity contribution in [1.82, 2.24) is 35.1 Å². The maximum atomic E-state index is 13.3. The predicted octanol–water partition coefficient (Wildman–Crippen LogP) is 1.39. The van der Waals surface area contributed by atoms with Gasteiger partial charge in [-0.1, -0.05) is 0 Å². The highest BCUT2D eigenvalue weighted by Gasteiger charge is 2.38. The lowest BCUT2D eigenvalue weighted by Crippen LogP contribution is -2.49.